The zero-order valence-corrected chi connectivity index (χ0v) is 17.4. The van der Waals surface area contributed by atoms with Crippen molar-refractivity contribution in [2.45, 2.75) is 25.7 Å². The minimum atomic E-state index is -0.300. The van der Waals surface area contributed by atoms with Crippen LogP contribution in [0.25, 0.3) is 11.1 Å². The number of piperidine rings is 1. The largest absolute Gasteiger partial charge is 0.347 e. The Kier molecular flexibility index (Phi) is 5.48. The number of carbonyl (C=O) groups excluding carboxylic acids is 1. The second-order valence-electron chi connectivity index (χ2n) is 7.87. The van der Waals surface area contributed by atoms with Gasteiger partial charge in [0.25, 0.3) is 5.91 Å². The van der Waals surface area contributed by atoms with Gasteiger partial charge in [-0.15, -0.1) is 0 Å². The van der Waals surface area contributed by atoms with Crippen LogP contribution in [0, 0.1) is 12.7 Å². The van der Waals surface area contributed by atoms with Gasteiger partial charge in [-0.1, -0.05) is 12.1 Å². The number of amides is 1. The Labute approximate surface area is 175 Å². The van der Waals surface area contributed by atoms with Gasteiger partial charge in [-0.3, -0.25) is 9.89 Å². The fraction of sp³-hybridized carbons (Fsp3) is 0.364. The lowest BCUT2D eigenvalue weighted by atomic mass is 9.89. The highest BCUT2D eigenvalue weighted by atomic mass is 19.1. The number of nitrogens with zero attached hydrogens (tertiary/aromatic N) is 5. The zero-order valence-electron chi connectivity index (χ0n) is 17.4. The summed E-state index contributed by atoms with van der Waals surface area (Å²) in [5.41, 5.74) is 3.75. The minimum Gasteiger partial charge on any atom is -0.347 e. The van der Waals surface area contributed by atoms with E-state index in [0.717, 1.165) is 35.4 Å². The third-order valence-electron chi connectivity index (χ3n) is 5.50. The quantitative estimate of drug-likeness (QED) is 0.716. The van der Waals surface area contributed by atoms with Crippen molar-refractivity contribution in [1.82, 2.24) is 25.1 Å². The Balaban J connectivity index is 1.70. The van der Waals surface area contributed by atoms with E-state index in [1.54, 1.807) is 18.5 Å². The van der Waals surface area contributed by atoms with Crippen LogP contribution in [0.1, 0.15) is 40.5 Å². The maximum Gasteiger partial charge on any atom is 0.257 e. The topological polar surface area (TPSA) is 78.0 Å². The van der Waals surface area contributed by atoms with Crippen LogP contribution in [0.15, 0.2) is 36.7 Å². The van der Waals surface area contributed by atoms with Crippen LogP contribution in [0.4, 0.5) is 10.3 Å². The lowest BCUT2D eigenvalue weighted by Crippen LogP contribution is -2.39. The number of rotatable bonds is 4. The first-order valence-electron chi connectivity index (χ1n) is 10.0. The van der Waals surface area contributed by atoms with Crippen molar-refractivity contribution >= 4 is 11.9 Å². The summed E-state index contributed by atoms with van der Waals surface area (Å²) in [6.07, 6.45) is 5.11. The van der Waals surface area contributed by atoms with Crippen LogP contribution in [0.2, 0.25) is 0 Å². The van der Waals surface area contributed by atoms with E-state index in [4.69, 9.17) is 4.98 Å². The molecule has 0 radical (unpaired) electrons. The van der Waals surface area contributed by atoms with Crippen LogP contribution < -0.4 is 4.90 Å². The van der Waals surface area contributed by atoms with Crippen molar-refractivity contribution in [3.8, 4) is 11.1 Å². The molecule has 8 heteroatoms. The Hall–Kier alpha value is -3.29. The highest BCUT2D eigenvalue weighted by molar-refractivity contribution is 5.95. The molecule has 7 nitrogen and oxygen atoms in total. The van der Waals surface area contributed by atoms with Crippen molar-refractivity contribution in [2.75, 3.05) is 32.1 Å². The van der Waals surface area contributed by atoms with Crippen molar-refractivity contribution in [3.63, 3.8) is 0 Å². The summed E-state index contributed by atoms with van der Waals surface area (Å²) in [6.45, 7) is 3.09. The number of H-pyrrole nitrogens is 1. The van der Waals surface area contributed by atoms with Gasteiger partial charge < -0.3 is 9.80 Å². The molecule has 4 rings (SSSR count). The van der Waals surface area contributed by atoms with Crippen molar-refractivity contribution in [3.05, 3.63) is 59.4 Å². The second-order valence-corrected chi connectivity index (χ2v) is 7.87. The lowest BCUT2D eigenvalue weighted by Gasteiger charge is -2.33. The fourth-order valence-electron chi connectivity index (χ4n) is 3.91. The molecule has 1 fully saturated rings. The first-order chi connectivity index (χ1) is 14.4. The van der Waals surface area contributed by atoms with Crippen molar-refractivity contribution in [1.29, 1.82) is 0 Å². The smallest absolute Gasteiger partial charge is 0.257 e. The Morgan fingerprint density at radius 1 is 1.30 bits per heavy atom. The molecule has 1 amide bonds. The number of anilines is 1. The summed E-state index contributed by atoms with van der Waals surface area (Å²) >= 11 is 0. The summed E-state index contributed by atoms with van der Waals surface area (Å²) in [6, 6.07) is 6.47. The molecule has 1 aliphatic heterocycles. The van der Waals surface area contributed by atoms with Crippen LogP contribution in [-0.2, 0) is 0 Å². The number of likely N-dealkylation sites (tertiary alicyclic amines) is 1. The summed E-state index contributed by atoms with van der Waals surface area (Å²) < 4.78 is 13.9. The molecule has 0 unspecified atom stereocenters. The maximum absolute atomic E-state index is 13.9. The Morgan fingerprint density at radius 3 is 2.83 bits per heavy atom. The molecule has 156 valence electrons. The molecule has 1 aliphatic rings. The van der Waals surface area contributed by atoms with E-state index in [0.29, 0.717) is 24.6 Å². The molecule has 1 N–H and O–H groups in total. The van der Waals surface area contributed by atoms with Gasteiger partial charge >= 0.3 is 0 Å². The highest BCUT2D eigenvalue weighted by Gasteiger charge is 2.29. The molecular formula is C22H25FN6O. The summed E-state index contributed by atoms with van der Waals surface area (Å²) in [5, 5.41) is 6.80. The fourth-order valence-corrected chi connectivity index (χ4v) is 3.91. The SMILES string of the molecule is Cc1[nH]ncc1C(=O)N1CCC[C@H](c2nc(N(C)C)ncc2-c2cccc(F)c2)C1. The van der Waals surface area contributed by atoms with Crippen LogP contribution in [-0.4, -0.2) is 58.2 Å². The summed E-state index contributed by atoms with van der Waals surface area (Å²) in [5.74, 6) is 0.306. The van der Waals surface area contributed by atoms with E-state index in [1.807, 2.05) is 36.9 Å². The van der Waals surface area contributed by atoms with E-state index in [9.17, 15) is 9.18 Å². The monoisotopic (exact) mass is 408 g/mol. The van der Waals surface area contributed by atoms with Crippen LogP contribution in [0.3, 0.4) is 0 Å². The number of hydrogen-bond donors (Lipinski definition) is 1. The van der Waals surface area contributed by atoms with Gasteiger partial charge in [0.15, 0.2) is 0 Å². The van der Waals surface area contributed by atoms with E-state index in [1.165, 1.54) is 12.1 Å². The van der Waals surface area contributed by atoms with Crippen LogP contribution >= 0.6 is 0 Å². The van der Waals surface area contributed by atoms with E-state index in [-0.39, 0.29) is 17.6 Å². The first-order valence-corrected chi connectivity index (χ1v) is 10.0. The number of aromatic amines is 1. The van der Waals surface area contributed by atoms with E-state index < -0.39 is 0 Å². The number of halogens is 1. The predicted octanol–water partition coefficient (Wildman–Crippen LogP) is 3.40. The molecule has 0 aliphatic carbocycles. The van der Waals surface area contributed by atoms with E-state index >= 15 is 0 Å². The average molecular weight is 408 g/mol. The van der Waals surface area contributed by atoms with Crippen molar-refractivity contribution < 1.29 is 9.18 Å². The van der Waals surface area contributed by atoms with Gasteiger partial charge in [-0.05, 0) is 37.5 Å². The number of aryl methyl sites for hydroxylation is 1. The molecule has 3 heterocycles. The van der Waals surface area contributed by atoms with Gasteiger partial charge in [-0.25, -0.2) is 14.4 Å². The lowest BCUT2D eigenvalue weighted by molar-refractivity contribution is 0.0705. The predicted molar refractivity (Wildman–Crippen MR) is 113 cm³/mol. The Morgan fingerprint density at radius 2 is 2.13 bits per heavy atom. The summed E-state index contributed by atoms with van der Waals surface area (Å²) in [4.78, 5) is 26.0. The second kappa shape index (κ2) is 8.22. The third kappa shape index (κ3) is 3.90. The van der Waals surface area contributed by atoms with Gasteiger partial charge in [0.05, 0.1) is 17.5 Å². The molecule has 0 spiro atoms. The van der Waals surface area contributed by atoms with Gasteiger partial charge in [0, 0.05) is 50.6 Å². The molecule has 1 aromatic carbocycles. The molecule has 0 saturated carbocycles. The Bertz CT molecular complexity index is 1060. The molecule has 3 aromatic rings. The molecule has 1 atom stereocenters. The highest BCUT2D eigenvalue weighted by Crippen LogP contribution is 2.34. The maximum atomic E-state index is 13.9. The molecular weight excluding hydrogens is 383 g/mol. The number of benzene rings is 1. The van der Waals surface area contributed by atoms with E-state index in [2.05, 4.69) is 15.2 Å². The first kappa shape index (κ1) is 20.0. The molecule has 30 heavy (non-hydrogen) atoms. The molecule has 1 saturated heterocycles. The third-order valence-corrected chi connectivity index (χ3v) is 5.50. The van der Waals surface area contributed by atoms with Gasteiger partial charge in [0.1, 0.15) is 5.82 Å². The standard InChI is InChI=1S/C22H25FN6O/c1-14-18(12-25-27-14)21(30)29-9-5-7-16(13-29)20-19(11-24-22(26-20)28(2)3)15-6-4-8-17(23)10-15/h4,6,8,10-12,16H,5,7,9,13H2,1-3H3,(H,25,27)/t16-/m0/s1. The normalized spacial score (nSPS) is 16.5. The van der Waals surface area contributed by atoms with Gasteiger partial charge in [0.2, 0.25) is 5.95 Å². The molecule has 2 aromatic heterocycles. The summed E-state index contributed by atoms with van der Waals surface area (Å²) in [7, 11) is 3.78. The zero-order chi connectivity index (χ0) is 21.3. The number of carbonyl (C=O) groups is 1. The van der Waals surface area contributed by atoms with Crippen LogP contribution in [0.5, 0.6) is 0 Å². The van der Waals surface area contributed by atoms with Crippen molar-refractivity contribution in [2.24, 2.45) is 0 Å². The number of hydrogen-bond acceptors (Lipinski definition) is 5. The van der Waals surface area contributed by atoms with Gasteiger partial charge in [-0.2, -0.15) is 5.10 Å². The minimum absolute atomic E-state index is 0.0276. The number of nitrogens with one attached hydrogen (secondary N) is 1. The molecule has 0 bridgehead atoms. The number of aromatic nitrogens is 4. The average Bonchev–Trinajstić information content (AvgIpc) is 3.18.